The number of thioether (sulfide) groups is 1. The first-order chi connectivity index (χ1) is 17.9. The smallest absolute Gasteiger partial charge is 0.410 e. The van der Waals surface area contributed by atoms with Crippen LogP contribution in [-0.4, -0.2) is 103 Å². The number of hydrogen-bond donors (Lipinski definition) is 1. The van der Waals surface area contributed by atoms with Crippen molar-refractivity contribution in [2.24, 2.45) is 11.8 Å². The van der Waals surface area contributed by atoms with Gasteiger partial charge in [-0.3, -0.25) is 14.5 Å². The van der Waals surface area contributed by atoms with Gasteiger partial charge in [-0.15, -0.1) is 11.8 Å². The number of carbonyl (C=O) groups is 4. The fourth-order valence-corrected chi connectivity index (χ4v) is 8.34. The number of nitrogens with zero attached hydrogens (tertiary/aromatic N) is 3. The molecule has 0 bridgehead atoms. The molecule has 0 saturated carbocycles. The van der Waals surface area contributed by atoms with E-state index in [9.17, 15) is 24.3 Å². The maximum Gasteiger partial charge on any atom is 0.410 e. The van der Waals surface area contributed by atoms with E-state index in [0.717, 1.165) is 0 Å². The third-order valence-corrected chi connectivity index (χ3v) is 14.5. The number of β-lactam (4-membered cyclic amide) rings is 1. The molecule has 3 amide bonds. The van der Waals surface area contributed by atoms with Crippen LogP contribution in [0.1, 0.15) is 41.0 Å². The standard InChI is InChI=1S/C27H43N3O7SSi/c1-11-12-36-26(35)29-14-17(13-18(29)23(31)28(7)8)38-22-15(2)20-19(24(32)30(20)21(22)25(33)34)16(3)37-39(9,10)27(4,5)6/h11,15-20H,1,12-14H2,2-10H3,(H,33,34)/t15-,16-,17+,18+,19-,20-/m1/s1. The number of rotatable bonds is 9. The number of carboxylic acid groups (broad SMARTS) is 1. The van der Waals surface area contributed by atoms with Crippen LogP contribution in [0.25, 0.3) is 0 Å². The van der Waals surface area contributed by atoms with Crippen LogP contribution in [0.5, 0.6) is 0 Å². The molecule has 0 spiro atoms. The molecular weight excluding hydrogens is 538 g/mol. The number of hydrogen-bond acceptors (Lipinski definition) is 7. The van der Waals surface area contributed by atoms with Crippen LogP contribution in [0.4, 0.5) is 4.79 Å². The summed E-state index contributed by atoms with van der Waals surface area (Å²) in [7, 11) is 1.11. The Morgan fingerprint density at radius 2 is 1.90 bits per heavy atom. The van der Waals surface area contributed by atoms with Crippen molar-refractivity contribution in [3.05, 3.63) is 23.3 Å². The van der Waals surface area contributed by atoms with Crippen molar-refractivity contribution < 1.29 is 33.4 Å². The molecule has 10 nitrogen and oxygen atoms in total. The summed E-state index contributed by atoms with van der Waals surface area (Å²) in [5.74, 6) is -2.26. The first-order valence-corrected chi connectivity index (χ1v) is 17.1. The zero-order chi connectivity index (χ0) is 29.6. The predicted octanol–water partition coefficient (Wildman–Crippen LogP) is 3.76. The van der Waals surface area contributed by atoms with Crippen LogP contribution in [-0.2, 0) is 23.5 Å². The van der Waals surface area contributed by atoms with Crippen LogP contribution < -0.4 is 0 Å². The van der Waals surface area contributed by atoms with Gasteiger partial charge in [-0.05, 0) is 31.5 Å². The molecular formula is C27H43N3O7SSi. The van der Waals surface area contributed by atoms with E-state index < -0.39 is 32.3 Å². The molecule has 1 N–H and O–H groups in total. The summed E-state index contributed by atoms with van der Waals surface area (Å²) >= 11 is 1.35. The Balaban J connectivity index is 1.84. The van der Waals surface area contributed by atoms with E-state index in [1.54, 1.807) is 14.1 Å². The lowest BCUT2D eigenvalue weighted by atomic mass is 9.79. The van der Waals surface area contributed by atoms with Crippen LogP contribution >= 0.6 is 11.8 Å². The van der Waals surface area contributed by atoms with E-state index in [0.29, 0.717) is 11.3 Å². The van der Waals surface area contributed by atoms with Crippen LogP contribution in [0.3, 0.4) is 0 Å². The predicted molar refractivity (Wildman–Crippen MR) is 152 cm³/mol. The quantitative estimate of drug-likeness (QED) is 0.249. The zero-order valence-electron chi connectivity index (χ0n) is 24.5. The molecule has 3 heterocycles. The second-order valence-electron chi connectivity index (χ2n) is 12.4. The summed E-state index contributed by atoms with van der Waals surface area (Å²) < 4.78 is 11.8. The lowest BCUT2D eigenvalue weighted by Crippen LogP contribution is -2.65. The molecule has 0 unspecified atom stereocenters. The van der Waals surface area contributed by atoms with Gasteiger partial charge in [0.2, 0.25) is 11.8 Å². The van der Waals surface area contributed by atoms with Crippen molar-refractivity contribution in [3.8, 4) is 0 Å². The molecule has 3 aliphatic heterocycles. The monoisotopic (exact) mass is 581 g/mol. The molecule has 0 aliphatic carbocycles. The number of amides is 3. The number of likely N-dealkylation sites (tertiary alicyclic amines) is 1. The molecule has 12 heteroatoms. The molecule has 0 radical (unpaired) electrons. The first-order valence-electron chi connectivity index (χ1n) is 13.3. The number of ether oxygens (including phenoxy) is 1. The number of carboxylic acids is 1. The number of fused-ring (bicyclic) bond motifs is 1. The fraction of sp³-hybridized carbons (Fsp3) is 0.704. The zero-order valence-corrected chi connectivity index (χ0v) is 26.3. The lowest BCUT2D eigenvalue weighted by molar-refractivity contribution is -0.162. The minimum absolute atomic E-state index is 0.00134. The van der Waals surface area contributed by atoms with E-state index in [4.69, 9.17) is 9.16 Å². The molecule has 0 aromatic heterocycles. The summed E-state index contributed by atoms with van der Waals surface area (Å²) in [4.78, 5) is 56.2. The third kappa shape index (κ3) is 5.78. The van der Waals surface area contributed by atoms with Gasteiger partial charge in [0.25, 0.3) is 0 Å². The minimum atomic E-state index is -2.15. The Hall–Kier alpha value is -2.31. The first kappa shape index (κ1) is 31.2. The van der Waals surface area contributed by atoms with Crippen LogP contribution in [0.2, 0.25) is 18.1 Å². The highest BCUT2D eigenvalue weighted by Crippen LogP contribution is 2.53. The molecule has 2 saturated heterocycles. The van der Waals surface area contributed by atoms with Gasteiger partial charge in [0.05, 0.1) is 18.1 Å². The van der Waals surface area contributed by atoms with Gasteiger partial charge >= 0.3 is 12.1 Å². The largest absolute Gasteiger partial charge is 0.477 e. The minimum Gasteiger partial charge on any atom is -0.477 e. The molecule has 2 fully saturated rings. The number of aliphatic carboxylic acids is 1. The Labute approximate surface area is 236 Å². The van der Waals surface area contributed by atoms with Crippen molar-refractivity contribution in [3.63, 3.8) is 0 Å². The average molecular weight is 582 g/mol. The van der Waals surface area contributed by atoms with Crippen molar-refractivity contribution >= 4 is 44.0 Å². The highest BCUT2D eigenvalue weighted by atomic mass is 32.2. The van der Waals surface area contributed by atoms with Gasteiger partial charge in [0.1, 0.15) is 18.3 Å². The van der Waals surface area contributed by atoms with Crippen molar-refractivity contribution in [2.45, 2.75) is 82.6 Å². The van der Waals surface area contributed by atoms with E-state index >= 15 is 0 Å². The molecule has 0 aromatic rings. The normalized spacial score (nSPS) is 27.7. The van der Waals surface area contributed by atoms with Crippen LogP contribution in [0, 0.1) is 11.8 Å². The van der Waals surface area contributed by atoms with E-state index in [-0.39, 0.29) is 59.0 Å². The molecule has 6 atom stereocenters. The average Bonchev–Trinajstić information content (AvgIpc) is 3.34. The Bertz CT molecular complexity index is 1070. The van der Waals surface area contributed by atoms with Gasteiger partial charge in [-0.1, -0.05) is 40.3 Å². The molecule has 3 aliphatic rings. The maximum absolute atomic E-state index is 13.3. The van der Waals surface area contributed by atoms with E-state index in [2.05, 4.69) is 40.4 Å². The second kappa shape index (κ2) is 11.3. The lowest BCUT2D eigenvalue weighted by Gasteiger charge is -2.50. The molecule has 3 rings (SSSR count). The molecule has 39 heavy (non-hydrogen) atoms. The fourth-order valence-electron chi connectivity index (χ4n) is 5.39. The van der Waals surface area contributed by atoms with Crippen molar-refractivity contribution in [1.82, 2.24) is 14.7 Å². The Morgan fingerprint density at radius 3 is 2.41 bits per heavy atom. The van der Waals surface area contributed by atoms with E-state index in [1.807, 2.05) is 13.8 Å². The SMILES string of the molecule is C=CCOC(=O)N1C[C@@H](SC2=C(C(=O)O)N3C(=O)[C@H]([C@@H](C)O[Si](C)(C)C(C)(C)C)[C@H]3[C@H]2C)C[C@H]1C(=O)N(C)C. The summed E-state index contributed by atoms with van der Waals surface area (Å²) in [5.41, 5.74) is 0.00134. The second-order valence-corrected chi connectivity index (χ2v) is 18.5. The Morgan fingerprint density at radius 1 is 1.28 bits per heavy atom. The highest BCUT2D eigenvalue weighted by molar-refractivity contribution is 8.03. The number of likely N-dealkylation sites (N-methyl/N-ethyl adjacent to an activating group) is 1. The third-order valence-electron chi connectivity index (χ3n) is 8.43. The topological polar surface area (TPSA) is 117 Å². The van der Waals surface area contributed by atoms with Crippen molar-refractivity contribution in [1.29, 1.82) is 0 Å². The molecule has 0 aromatic carbocycles. The summed E-state index contributed by atoms with van der Waals surface area (Å²) in [5, 5.41) is 9.87. The van der Waals surface area contributed by atoms with E-state index in [1.165, 1.54) is 32.5 Å². The van der Waals surface area contributed by atoms with Gasteiger partial charge in [0.15, 0.2) is 8.32 Å². The van der Waals surface area contributed by atoms with Gasteiger partial charge < -0.3 is 24.1 Å². The Kier molecular flexibility index (Phi) is 9.03. The van der Waals surface area contributed by atoms with Gasteiger partial charge in [-0.25, -0.2) is 9.59 Å². The van der Waals surface area contributed by atoms with Gasteiger partial charge in [-0.2, -0.15) is 0 Å². The summed E-state index contributed by atoms with van der Waals surface area (Å²) in [6.07, 6.45) is 0.854. The van der Waals surface area contributed by atoms with Gasteiger partial charge in [0, 0.05) is 36.7 Å². The van der Waals surface area contributed by atoms with Crippen molar-refractivity contribution in [2.75, 3.05) is 27.2 Å². The maximum atomic E-state index is 13.3. The number of carbonyl (C=O) groups excluding carboxylic acids is 3. The van der Waals surface area contributed by atoms with Crippen LogP contribution in [0.15, 0.2) is 23.3 Å². The molecule has 218 valence electrons. The summed E-state index contributed by atoms with van der Waals surface area (Å²) in [6.45, 7) is 18.4. The highest BCUT2D eigenvalue weighted by Gasteiger charge is 2.61. The summed E-state index contributed by atoms with van der Waals surface area (Å²) in [6, 6.07) is -1.02.